The summed E-state index contributed by atoms with van der Waals surface area (Å²) >= 11 is 0. The number of carbonyl (C=O) groups is 3. The molecule has 0 saturated heterocycles. The van der Waals surface area contributed by atoms with Gasteiger partial charge in [0.05, 0.1) is 5.97 Å². The molecule has 0 aromatic rings. The Morgan fingerprint density at radius 2 is 0.905 bits per heavy atom. The SMILES string of the molecule is O.O.O.O.O.O.O.O=C([O-])CC(O)(CC(=O)[O-])C(=O)[O-].[Ba+2]. The first-order valence-corrected chi connectivity index (χ1v) is 3.11. The molecule has 0 fully saturated rings. The molecule has 0 atom stereocenters. The summed E-state index contributed by atoms with van der Waals surface area (Å²) < 4.78 is 0. The number of rotatable bonds is 5. The maximum absolute atomic E-state index is 10.1. The second-order valence-corrected chi connectivity index (χ2v) is 2.42. The molecular formula is C6H19BaO14-. The van der Waals surface area contributed by atoms with E-state index in [0.29, 0.717) is 0 Å². The number of hydrogen-bond donors (Lipinski definition) is 1. The summed E-state index contributed by atoms with van der Waals surface area (Å²) in [6, 6.07) is 0. The first-order chi connectivity index (χ1) is 5.78. The molecule has 0 aliphatic rings. The predicted molar refractivity (Wildman–Crippen MR) is 60.3 cm³/mol. The van der Waals surface area contributed by atoms with Crippen LogP contribution >= 0.6 is 0 Å². The van der Waals surface area contributed by atoms with Crippen LogP contribution in [0.25, 0.3) is 0 Å². The molecule has 130 valence electrons. The van der Waals surface area contributed by atoms with Gasteiger partial charge in [-0.05, 0) is 0 Å². The Labute approximate surface area is 157 Å². The van der Waals surface area contributed by atoms with E-state index in [1.54, 1.807) is 0 Å². The second kappa shape index (κ2) is 24.7. The molecule has 14 nitrogen and oxygen atoms in total. The first kappa shape index (κ1) is 58.7. The van der Waals surface area contributed by atoms with E-state index in [0.717, 1.165) is 0 Å². The Morgan fingerprint density at radius 1 is 0.714 bits per heavy atom. The molecule has 0 spiro atoms. The topological polar surface area (TPSA) is 361 Å². The van der Waals surface area contributed by atoms with Gasteiger partial charge in [0.2, 0.25) is 0 Å². The molecule has 0 radical (unpaired) electrons. The summed E-state index contributed by atoms with van der Waals surface area (Å²) in [6.45, 7) is 0. The van der Waals surface area contributed by atoms with Crippen LogP contribution in [0, 0.1) is 0 Å². The fraction of sp³-hybridized carbons (Fsp3) is 0.500. The Bertz CT molecular complexity index is 238. The van der Waals surface area contributed by atoms with Crippen molar-refractivity contribution in [2.75, 3.05) is 0 Å². The van der Waals surface area contributed by atoms with Crippen LogP contribution in [0.2, 0.25) is 0 Å². The smallest absolute Gasteiger partial charge is 0.550 e. The Hall–Kier alpha value is -0.339. The van der Waals surface area contributed by atoms with Crippen molar-refractivity contribution in [2.24, 2.45) is 0 Å². The van der Waals surface area contributed by atoms with E-state index in [1.807, 2.05) is 0 Å². The van der Waals surface area contributed by atoms with Crippen molar-refractivity contribution in [3.05, 3.63) is 0 Å². The molecule has 0 bridgehead atoms. The largest absolute Gasteiger partial charge is 2.00 e. The quantitative estimate of drug-likeness (QED) is 0.391. The molecule has 0 aliphatic heterocycles. The summed E-state index contributed by atoms with van der Waals surface area (Å²) in [7, 11) is 0. The standard InChI is InChI=1S/C6H8O7.Ba.7H2O/c7-3(8)1-6(13,5(11)12)2-4(9)10;;;;;;;;/h13H,1-2H2,(H,7,8)(H,9,10)(H,11,12);;7*1H2/q;+2;;;;;;;/p-3. The Balaban J connectivity index is -0.0000000257. The number of carboxylic acid groups (broad SMARTS) is 3. The van der Waals surface area contributed by atoms with Gasteiger partial charge in [-0.2, -0.15) is 0 Å². The average Bonchev–Trinajstić information content (AvgIpc) is 1.82. The zero-order chi connectivity index (χ0) is 10.6. The molecule has 0 rings (SSSR count). The minimum Gasteiger partial charge on any atom is -0.550 e. The maximum atomic E-state index is 10.1. The monoisotopic (exact) mass is 453 g/mol. The minimum absolute atomic E-state index is 0. The third-order valence-electron chi connectivity index (χ3n) is 1.25. The van der Waals surface area contributed by atoms with Crippen molar-refractivity contribution >= 4 is 66.8 Å². The third-order valence-corrected chi connectivity index (χ3v) is 1.25. The van der Waals surface area contributed by atoms with Gasteiger partial charge in [0, 0.05) is 24.8 Å². The third kappa shape index (κ3) is 25.0. The molecule has 21 heavy (non-hydrogen) atoms. The second-order valence-electron chi connectivity index (χ2n) is 2.42. The number of carbonyl (C=O) groups excluding carboxylic acids is 3. The maximum Gasteiger partial charge on any atom is 2.00 e. The molecule has 15 N–H and O–H groups in total. The normalized spacial score (nSPS) is 6.71. The number of hydrogen-bond acceptors (Lipinski definition) is 7. The molecule has 0 aliphatic carbocycles. The van der Waals surface area contributed by atoms with E-state index in [4.69, 9.17) is 5.11 Å². The fourth-order valence-electron chi connectivity index (χ4n) is 0.684. The van der Waals surface area contributed by atoms with Gasteiger partial charge in [0.1, 0.15) is 5.60 Å². The summed E-state index contributed by atoms with van der Waals surface area (Å²) in [5.74, 6) is -5.98. The van der Waals surface area contributed by atoms with Crippen molar-refractivity contribution in [1.82, 2.24) is 0 Å². The van der Waals surface area contributed by atoms with Gasteiger partial charge in [0.15, 0.2) is 0 Å². The number of carboxylic acids is 3. The van der Waals surface area contributed by atoms with Crippen LogP contribution in [-0.2, 0) is 14.4 Å². The summed E-state index contributed by atoms with van der Waals surface area (Å²) in [4.78, 5) is 30.0. The van der Waals surface area contributed by atoms with Crippen LogP contribution in [-0.4, -0.2) is 116 Å². The zero-order valence-electron chi connectivity index (χ0n) is 10.5. The molecule has 0 unspecified atom stereocenters. The van der Waals surface area contributed by atoms with Crippen molar-refractivity contribution in [1.29, 1.82) is 0 Å². The number of aliphatic carboxylic acids is 3. The van der Waals surface area contributed by atoms with Crippen molar-refractivity contribution in [3.8, 4) is 0 Å². The van der Waals surface area contributed by atoms with Gasteiger partial charge in [-0.25, -0.2) is 0 Å². The summed E-state index contributed by atoms with van der Waals surface area (Å²) in [5.41, 5.74) is -2.97. The molecule has 0 aromatic carbocycles. The molecule has 0 aromatic heterocycles. The van der Waals surface area contributed by atoms with E-state index >= 15 is 0 Å². The van der Waals surface area contributed by atoms with Crippen LogP contribution < -0.4 is 15.3 Å². The van der Waals surface area contributed by atoms with E-state index < -0.39 is 36.4 Å². The summed E-state index contributed by atoms with van der Waals surface area (Å²) in [5, 5.41) is 38.9. The number of aliphatic hydroxyl groups is 1. The van der Waals surface area contributed by atoms with Crippen LogP contribution in [0.4, 0.5) is 0 Å². The van der Waals surface area contributed by atoms with Crippen LogP contribution in [0.1, 0.15) is 12.8 Å². The molecule has 0 saturated carbocycles. The van der Waals surface area contributed by atoms with Crippen LogP contribution in [0.15, 0.2) is 0 Å². The first-order valence-electron chi connectivity index (χ1n) is 3.11. The van der Waals surface area contributed by atoms with Gasteiger partial charge in [0.25, 0.3) is 0 Å². The molecule has 0 heterocycles. The molecule has 0 amide bonds. The predicted octanol–water partition coefficient (Wildman–Crippen LogP) is -11.4. The van der Waals surface area contributed by atoms with E-state index in [9.17, 15) is 29.7 Å². The molecule has 15 heteroatoms. The van der Waals surface area contributed by atoms with Crippen molar-refractivity contribution in [3.63, 3.8) is 0 Å². The van der Waals surface area contributed by atoms with Gasteiger partial charge in [-0.1, -0.05) is 0 Å². The minimum atomic E-state index is -2.97. The van der Waals surface area contributed by atoms with E-state index in [2.05, 4.69) is 0 Å². The summed E-state index contributed by atoms with van der Waals surface area (Å²) in [6.07, 6.45) is -2.72. The van der Waals surface area contributed by atoms with Crippen molar-refractivity contribution < 1.29 is 73.1 Å². The van der Waals surface area contributed by atoms with Crippen LogP contribution in [0.3, 0.4) is 0 Å². The Morgan fingerprint density at radius 3 is 1.00 bits per heavy atom. The van der Waals surface area contributed by atoms with E-state index in [1.165, 1.54) is 0 Å². The zero-order valence-corrected chi connectivity index (χ0v) is 15.0. The van der Waals surface area contributed by atoms with Gasteiger partial charge in [-0.3, -0.25) is 0 Å². The average molecular weight is 453 g/mol. The van der Waals surface area contributed by atoms with Gasteiger partial charge >= 0.3 is 48.9 Å². The van der Waals surface area contributed by atoms with Crippen molar-refractivity contribution in [2.45, 2.75) is 18.4 Å². The van der Waals surface area contributed by atoms with Crippen LogP contribution in [0.5, 0.6) is 0 Å². The van der Waals surface area contributed by atoms with Gasteiger partial charge < -0.3 is 73.1 Å². The van der Waals surface area contributed by atoms with E-state index in [-0.39, 0.29) is 87.2 Å². The Kier molecular flexibility index (Phi) is 69.0. The fourth-order valence-corrected chi connectivity index (χ4v) is 0.684. The molecular weight excluding hydrogens is 433 g/mol. The van der Waals surface area contributed by atoms with Gasteiger partial charge in [-0.15, -0.1) is 0 Å².